The predicted molar refractivity (Wildman–Crippen MR) is 84.1 cm³/mol. The Labute approximate surface area is 128 Å². The zero-order chi connectivity index (χ0) is 14.6. The van der Waals surface area contributed by atoms with Crippen molar-refractivity contribution in [3.8, 4) is 0 Å². The van der Waals surface area contributed by atoms with Crippen LogP contribution in [0.1, 0.15) is 20.3 Å². The number of carbonyl (C=O) groups is 1. The molecule has 1 aliphatic carbocycles. The minimum Gasteiger partial charge on any atom is -0.388 e. The van der Waals surface area contributed by atoms with Crippen LogP contribution in [-0.2, 0) is 4.79 Å². The van der Waals surface area contributed by atoms with Crippen molar-refractivity contribution in [1.29, 1.82) is 0 Å². The zero-order valence-corrected chi connectivity index (χ0v) is 13.7. The van der Waals surface area contributed by atoms with E-state index in [9.17, 15) is 15.0 Å². The van der Waals surface area contributed by atoms with Gasteiger partial charge in [-0.05, 0) is 24.8 Å². The largest absolute Gasteiger partial charge is 0.388 e. The summed E-state index contributed by atoms with van der Waals surface area (Å²) in [6, 6.07) is 0. The average molecular weight is 379 g/mol. The summed E-state index contributed by atoms with van der Waals surface area (Å²) >= 11 is 2.16. The van der Waals surface area contributed by atoms with Crippen LogP contribution >= 0.6 is 22.6 Å². The van der Waals surface area contributed by atoms with E-state index in [2.05, 4.69) is 27.9 Å². The van der Waals surface area contributed by atoms with Gasteiger partial charge in [0.1, 0.15) is 0 Å². The predicted octanol–water partition coefficient (Wildman–Crippen LogP) is 1.42. The van der Waals surface area contributed by atoms with Crippen LogP contribution in [-0.4, -0.2) is 39.3 Å². The number of alkyl halides is 1. The van der Waals surface area contributed by atoms with Crippen LogP contribution in [0, 0.1) is 11.8 Å². The molecule has 3 N–H and O–H groups in total. The fourth-order valence-corrected chi connectivity index (χ4v) is 3.32. The molecule has 0 heterocycles. The van der Waals surface area contributed by atoms with Crippen molar-refractivity contribution in [3.63, 3.8) is 0 Å². The van der Waals surface area contributed by atoms with Crippen LogP contribution < -0.4 is 5.32 Å². The van der Waals surface area contributed by atoms with Crippen molar-refractivity contribution in [3.05, 3.63) is 23.8 Å². The lowest BCUT2D eigenvalue weighted by Gasteiger charge is -2.29. The van der Waals surface area contributed by atoms with Crippen molar-refractivity contribution in [2.45, 2.75) is 32.0 Å². The van der Waals surface area contributed by atoms with Crippen molar-refractivity contribution in [2.24, 2.45) is 11.8 Å². The molecule has 4 atom stereocenters. The van der Waals surface area contributed by atoms with Gasteiger partial charge in [-0.25, -0.2) is 0 Å². The van der Waals surface area contributed by atoms with E-state index in [0.29, 0.717) is 10.8 Å². The van der Waals surface area contributed by atoms with E-state index in [0.717, 1.165) is 5.57 Å². The minimum atomic E-state index is -0.837. The lowest BCUT2D eigenvalue weighted by molar-refractivity contribution is -0.126. The van der Waals surface area contributed by atoms with Gasteiger partial charge in [0, 0.05) is 11.5 Å². The molecule has 0 aromatic rings. The van der Waals surface area contributed by atoms with Gasteiger partial charge in [0.15, 0.2) is 0 Å². The molecule has 4 nitrogen and oxygen atoms in total. The summed E-state index contributed by atoms with van der Waals surface area (Å²) in [6.45, 7) is 3.61. The van der Waals surface area contributed by atoms with Crippen LogP contribution in [0.4, 0.5) is 0 Å². The number of hydrogen-bond donors (Lipinski definition) is 3. The molecule has 0 saturated heterocycles. The summed E-state index contributed by atoms with van der Waals surface area (Å²) in [7, 11) is 1.61. The van der Waals surface area contributed by atoms with E-state index >= 15 is 0 Å². The van der Waals surface area contributed by atoms with E-state index < -0.39 is 11.7 Å². The van der Waals surface area contributed by atoms with Gasteiger partial charge in [-0.3, -0.25) is 4.79 Å². The second-order valence-corrected chi connectivity index (χ2v) is 6.16. The van der Waals surface area contributed by atoms with Crippen molar-refractivity contribution in [2.75, 3.05) is 11.5 Å². The quantitative estimate of drug-likeness (QED) is 0.500. The van der Waals surface area contributed by atoms with Crippen molar-refractivity contribution in [1.82, 2.24) is 5.32 Å². The molecular formula is C14H22INO3. The normalized spacial score (nSPS) is 27.4. The lowest BCUT2D eigenvalue weighted by atomic mass is 9.83. The van der Waals surface area contributed by atoms with Crippen LogP contribution in [0.25, 0.3) is 0 Å². The molecule has 0 aliphatic heterocycles. The van der Waals surface area contributed by atoms with Gasteiger partial charge in [0.2, 0.25) is 5.91 Å². The van der Waals surface area contributed by atoms with Gasteiger partial charge >= 0.3 is 0 Å². The minimum absolute atomic E-state index is 0.0478. The van der Waals surface area contributed by atoms with Gasteiger partial charge in [-0.2, -0.15) is 0 Å². The second-order valence-electron chi connectivity index (χ2n) is 5.28. The second kappa shape index (κ2) is 6.85. The fraction of sp³-hybridized carbons (Fsp3) is 0.643. The highest BCUT2D eigenvalue weighted by molar-refractivity contribution is 14.1. The summed E-state index contributed by atoms with van der Waals surface area (Å²) in [5, 5.41) is 22.8. The number of halogens is 1. The molecule has 108 valence electrons. The molecule has 0 aromatic heterocycles. The molecule has 19 heavy (non-hydrogen) atoms. The number of nitrogens with one attached hydrogen (secondary N) is 1. The molecule has 1 aliphatic rings. The first-order valence-corrected chi connectivity index (χ1v) is 7.92. The van der Waals surface area contributed by atoms with E-state index in [1.54, 1.807) is 26.1 Å². The Morgan fingerprint density at radius 2 is 2.26 bits per heavy atom. The molecule has 1 amide bonds. The standard InChI is InChI=1S/C14H22INO3/c1-9(11(8-15)13(18)16-3)12(17)10-4-6-14(2,19)7-5-10/h4-6,9,11-12,17,19H,7-8H2,1-3H3,(H,16,18). The number of aliphatic hydroxyl groups is 2. The smallest absolute Gasteiger partial charge is 0.224 e. The summed E-state index contributed by atoms with van der Waals surface area (Å²) in [6.07, 6.45) is 5.08. The van der Waals surface area contributed by atoms with E-state index in [1.807, 2.05) is 13.0 Å². The Hall–Kier alpha value is -0.400. The molecule has 0 saturated carbocycles. The van der Waals surface area contributed by atoms with Crippen LogP contribution in [0.3, 0.4) is 0 Å². The molecular weight excluding hydrogens is 357 g/mol. The van der Waals surface area contributed by atoms with E-state index in [-0.39, 0.29) is 17.7 Å². The highest BCUT2D eigenvalue weighted by Gasteiger charge is 2.31. The highest BCUT2D eigenvalue weighted by Crippen LogP contribution is 2.28. The molecule has 0 radical (unpaired) electrons. The third-order valence-electron chi connectivity index (χ3n) is 3.61. The van der Waals surface area contributed by atoms with E-state index in [4.69, 9.17) is 0 Å². The molecule has 0 bridgehead atoms. The first-order valence-electron chi connectivity index (χ1n) is 6.39. The highest BCUT2D eigenvalue weighted by atomic mass is 127. The molecule has 5 heteroatoms. The summed E-state index contributed by atoms with van der Waals surface area (Å²) in [5.74, 6) is -0.443. The number of hydrogen-bond acceptors (Lipinski definition) is 3. The molecule has 0 aromatic carbocycles. The first kappa shape index (κ1) is 16.7. The van der Waals surface area contributed by atoms with Crippen LogP contribution in [0.5, 0.6) is 0 Å². The zero-order valence-electron chi connectivity index (χ0n) is 11.6. The number of rotatable bonds is 5. The molecule has 1 rings (SSSR count). The monoisotopic (exact) mass is 379 g/mol. The summed E-state index contributed by atoms with van der Waals surface area (Å²) in [5.41, 5.74) is -0.0617. The van der Waals surface area contributed by atoms with E-state index in [1.165, 1.54) is 0 Å². The SMILES string of the molecule is CNC(=O)C(CI)C(C)C(O)C1=CCC(C)(O)C=C1. The van der Waals surface area contributed by atoms with Gasteiger partial charge in [-0.1, -0.05) is 47.7 Å². The number of amides is 1. The van der Waals surface area contributed by atoms with Crippen LogP contribution in [0.15, 0.2) is 23.8 Å². The van der Waals surface area contributed by atoms with Gasteiger partial charge in [0.25, 0.3) is 0 Å². The summed E-state index contributed by atoms with van der Waals surface area (Å²) in [4.78, 5) is 11.8. The Bertz CT molecular complexity index is 390. The Morgan fingerprint density at radius 3 is 2.68 bits per heavy atom. The first-order chi connectivity index (χ1) is 8.82. The third kappa shape index (κ3) is 4.29. The number of aliphatic hydroxyl groups excluding tert-OH is 1. The van der Waals surface area contributed by atoms with Gasteiger partial charge < -0.3 is 15.5 Å². The topological polar surface area (TPSA) is 69.6 Å². The lowest BCUT2D eigenvalue weighted by Crippen LogP contribution is -2.38. The van der Waals surface area contributed by atoms with Crippen molar-refractivity contribution >= 4 is 28.5 Å². The average Bonchev–Trinajstić information content (AvgIpc) is 2.38. The maximum absolute atomic E-state index is 11.8. The number of carbonyl (C=O) groups excluding carboxylic acids is 1. The maximum atomic E-state index is 11.8. The third-order valence-corrected chi connectivity index (χ3v) is 4.56. The van der Waals surface area contributed by atoms with Crippen molar-refractivity contribution < 1.29 is 15.0 Å². The summed E-state index contributed by atoms with van der Waals surface area (Å²) < 4.78 is 0.657. The molecule has 0 fully saturated rings. The fourth-order valence-electron chi connectivity index (χ4n) is 2.11. The Balaban J connectivity index is 2.78. The molecule has 4 unspecified atom stereocenters. The Morgan fingerprint density at radius 1 is 1.63 bits per heavy atom. The van der Waals surface area contributed by atoms with Crippen LogP contribution in [0.2, 0.25) is 0 Å². The Kier molecular flexibility index (Phi) is 6.01. The van der Waals surface area contributed by atoms with Gasteiger partial charge in [-0.15, -0.1) is 0 Å². The maximum Gasteiger partial charge on any atom is 0.224 e. The van der Waals surface area contributed by atoms with Gasteiger partial charge in [0.05, 0.1) is 17.6 Å². The molecule has 0 spiro atoms.